The predicted octanol–water partition coefficient (Wildman–Crippen LogP) is 3.73. The first-order valence-electron chi connectivity index (χ1n) is 4.75. The van der Waals surface area contributed by atoms with Crippen molar-refractivity contribution in [1.29, 1.82) is 0 Å². The number of fused-ring (bicyclic) bond motifs is 1. The molecular formula is C10H7F4IN2. The molecule has 92 valence electrons. The fraction of sp³-hybridized carbons (Fsp3) is 0.300. The van der Waals surface area contributed by atoms with E-state index in [2.05, 4.69) is 5.10 Å². The minimum atomic E-state index is -4.22. The van der Waals surface area contributed by atoms with Gasteiger partial charge < -0.3 is 0 Å². The fourth-order valence-corrected chi connectivity index (χ4v) is 2.21. The molecule has 2 nitrogen and oxygen atoms in total. The monoisotopic (exact) mass is 358 g/mol. The smallest absolute Gasteiger partial charge is 0.263 e. The molecule has 0 atom stereocenters. The molecule has 0 bridgehead atoms. The van der Waals surface area contributed by atoms with Crippen molar-refractivity contribution in [3.05, 3.63) is 27.7 Å². The zero-order valence-electron chi connectivity index (χ0n) is 8.43. The second-order valence-electron chi connectivity index (χ2n) is 3.54. The van der Waals surface area contributed by atoms with Gasteiger partial charge in [-0.25, -0.2) is 4.39 Å². The Morgan fingerprint density at radius 1 is 1.29 bits per heavy atom. The number of halogens is 5. The molecule has 0 aliphatic carbocycles. The van der Waals surface area contributed by atoms with Crippen LogP contribution in [0.2, 0.25) is 0 Å². The number of benzene rings is 1. The van der Waals surface area contributed by atoms with E-state index in [1.807, 2.05) is 22.6 Å². The van der Waals surface area contributed by atoms with E-state index in [4.69, 9.17) is 0 Å². The molecule has 2 rings (SSSR count). The second kappa shape index (κ2) is 4.43. The summed E-state index contributed by atoms with van der Waals surface area (Å²) in [5.74, 6) is -0.425. The van der Waals surface area contributed by atoms with Crippen LogP contribution in [0.4, 0.5) is 17.6 Å². The standard InChI is InChI=1S/C10H7F4IN2/c11-6-1-2-8-7(5-6)9(15)16-17(8)4-3-10(12,13)14/h1-2,5H,3-4H2. The molecule has 0 saturated heterocycles. The van der Waals surface area contributed by atoms with Crippen LogP contribution in [-0.2, 0) is 6.54 Å². The quantitative estimate of drug-likeness (QED) is 0.591. The van der Waals surface area contributed by atoms with E-state index < -0.39 is 18.4 Å². The summed E-state index contributed by atoms with van der Waals surface area (Å²) in [4.78, 5) is 0. The number of hydrogen-bond donors (Lipinski definition) is 0. The Kier molecular flexibility index (Phi) is 3.28. The second-order valence-corrected chi connectivity index (χ2v) is 4.56. The average molecular weight is 358 g/mol. The van der Waals surface area contributed by atoms with E-state index in [0.717, 1.165) is 0 Å². The van der Waals surface area contributed by atoms with Crippen LogP contribution in [0.15, 0.2) is 18.2 Å². The largest absolute Gasteiger partial charge is 0.390 e. The molecule has 0 aliphatic heterocycles. The summed E-state index contributed by atoms with van der Waals surface area (Å²) in [6.07, 6.45) is -5.17. The van der Waals surface area contributed by atoms with Gasteiger partial charge in [0.05, 0.1) is 18.5 Å². The first kappa shape index (κ1) is 12.6. The van der Waals surface area contributed by atoms with Gasteiger partial charge in [0.1, 0.15) is 9.52 Å². The van der Waals surface area contributed by atoms with Crippen molar-refractivity contribution in [2.24, 2.45) is 0 Å². The third-order valence-corrected chi connectivity index (χ3v) is 3.07. The minimum Gasteiger partial charge on any atom is -0.263 e. The van der Waals surface area contributed by atoms with Gasteiger partial charge in [0, 0.05) is 5.39 Å². The van der Waals surface area contributed by atoms with Gasteiger partial charge in [-0.1, -0.05) is 0 Å². The molecule has 0 radical (unpaired) electrons. The van der Waals surface area contributed by atoms with Gasteiger partial charge in [-0.05, 0) is 40.8 Å². The summed E-state index contributed by atoms with van der Waals surface area (Å²) in [5, 5.41) is 4.51. The van der Waals surface area contributed by atoms with Gasteiger partial charge in [-0.15, -0.1) is 0 Å². The van der Waals surface area contributed by atoms with Crippen LogP contribution in [0.5, 0.6) is 0 Å². The summed E-state index contributed by atoms with van der Waals surface area (Å²) in [6, 6.07) is 3.93. The lowest BCUT2D eigenvalue weighted by molar-refractivity contribution is -0.137. The van der Waals surface area contributed by atoms with Crippen molar-refractivity contribution in [3.8, 4) is 0 Å². The molecule has 0 unspecified atom stereocenters. The maximum atomic E-state index is 13.0. The van der Waals surface area contributed by atoms with Crippen LogP contribution in [0, 0.1) is 9.52 Å². The SMILES string of the molecule is Fc1ccc2c(c1)c(I)nn2CCC(F)(F)F. The average Bonchev–Trinajstić information content (AvgIpc) is 2.52. The number of alkyl halides is 3. The molecule has 2 aromatic rings. The lowest BCUT2D eigenvalue weighted by Gasteiger charge is -2.06. The summed E-state index contributed by atoms with van der Waals surface area (Å²) in [7, 11) is 0. The molecule has 0 saturated carbocycles. The third kappa shape index (κ3) is 2.88. The highest BCUT2D eigenvalue weighted by Gasteiger charge is 2.27. The van der Waals surface area contributed by atoms with Crippen molar-refractivity contribution in [1.82, 2.24) is 9.78 Å². The lowest BCUT2D eigenvalue weighted by Crippen LogP contribution is -2.13. The highest BCUT2D eigenvalue weighted by molar-refractivity contribution is 14.1. The topological polar surface area (TPSA) is 17.8 Å². The number of aromatic nitrogens is 2. The predicted molar refractivity (Wildman–Crippen MR) is 63.1 cm³/mol. The molecule has 1 aromatic carbocycles. The van der Waals surface area contributed by atoms with E-state index in [0.29, 0.717) is 14.6 Å². The Hall–Kier alpha value is -0.860. The van der Waals surface area contributed by atoms with E-state index in [-0.39, 0.29) is 6.54 Å². The number of nitrogens with zero attached hydrogens (tertiary/aromatic N) is 2. The Bertz CT molecular complexity index is 547. The molecule has 0 fully saturated rings. The van der Waals surface area contributed by atoms with Crippen LogP contribution in [0.25, 0.3) is 10.9 Å². The summed E-state index contributed by atoms with van der Waals surface area (Å²) < 4.78 is 51.1. The molecule has 1 heterocycles. The van der Waals surface area contributed by atoms with E-state index in [9.17, 15) is 17.6 Å². The fourth-order valence-electron chi connectivity index (χ4n) is 1.52. The van der Waals surface area contributed by atoms with Crippen molar-refractivity contribution in [3.63, 3.8) is 0 Å². The molecule has 0 amide bonds. The van der Waals surface area contributed by atoms with Crippen LogP contribution in [0.3, 0.4) is 0 Å². The number of aryl methyl sites for hydroxylation is 1. The number of rotatable bonds is 2. The van der Waals surface area contributed by atoms with Crippen molar-refractivity contribution in [2.75, 3.05) is 0 Å². The maximum absolute atomic E-state index is 13.0. The molecule has 0 spiro atoms. The molecular weight excluding hydrogens is 351 g/mol. The van der Waals surface area contributed by atoms with E-state index in [1.165, 1.54) is 22.9 Å². The van der Waals surface area contributed by atoms with Gasteiger partial charge in [0.25, 0.3) is 0 Å². The summed E-state index contributed by atoms with van der Waals surface area (Å²) in [5.41, 5.74) is 0.514. The van der Waals surface area contributed by atoms with Crippen molar-refractivity contribution < 1.29 is 17.6 Å². The Balaban J connectivity index is 2.36. The number of hydrogen-bond acceptors (Lipinski definition) is 1. The lowest BCUT2D eigenvalue weighted by atomic mass is 10.2. The Labute approximate surface area is 108 Å². The Morgan fingerprint density at radius 3 is 2.65 bits per heavy atom. The van der Waals surface area contributed by atoms with Gasteiger partial charge in [0.2, 0.25) is 0 Å². The zero-order valence-corrected chi connectivity index (χ0v) is 10.6. The zero-order chi connectivity index (χ0) is 12.6. The van der Waals surface area contributed by atoms with Crippen LogP contribution < -0.4 is 0 Å². The first-order valence-corrected chi connectivity index (χ1v) is 5.83. The minimum absolute atomic E-state index is 0.255. The molecule has 7 heteroatoms. The highest BCUT2D eigenvalue weighted by atomic mass is 127. The maximum Gasteiger partial charge on any atom is 0.390 e. The van der Waals surface area contributed by atoms with Crippen LogP contribution in [0.1, 0.15) is 6.42 Å². The molecule has 1 aromatic heterocycles. The Morgan fingerprint density at radius 2 is 2.00 bits per heavy atom. The first-order chi connectivity index (χ1) is 7.87. The molecule has 0 N–H and O–H groups in total. The molecule has 17 heavy (non-hydrogen) atoms. The van der Waals surface area contributed by atoms with Gasteiger partial charge in [-0.3, -0.25) is 4.68 Å². The third-order valence-electron chi connectivity index (χ3n) is 2.27. The van der Waals surface area contributed by atoms with Gasteiger partial charge >= 0.3 is 6.18 Å². The van der Waals surface area contributed by atoms with Gasteiger partial charge in [-0.2, -0.15) is 18.3 Å². The van der Waals surface area contributed by atoms with Crippen molar-refractivity contribution >= 4 is 33.5 Å². The summed E-state index contributed by atoms with van der Waals surface area (Å²) in [6.45, 7) is -0.255. The van der Waals surface area contributed by atoms with E-state index >= 15 is 0 Å². The summed E-state index contributed by atoms with van der Waals surface area (Å²) >= 11 is 1.88. The van der Waals surface area contributed by atoms with Crippen LogP contribution >= 0.6 is 22.6 Å². The molecule has 0 aliphatic rings. The highest BCUT2D eigenvalue weighted by Crippen LogP contribution is 2.24. The van der Waals surface area contributed by atoms with Crippen molar-refractivity contribution in [2.45, 2.75) is 19.1 Å². The normalized spacial score (nSPS) is 12.3. The van der Waals surface area contributed by atoms with E-state index in [1.54, 1.807) is 0 Å². The van der Waals surface area contributed by atoms with Crippen LogP contribution in [-0.4, -0.2) is 16.0 Å². The van der Waals surface area contributed by atoms with Gasteiger partial charge in [0.15, 0.2) is 0 Å².